The number of hydrogen-bond acceptors (Lipinski definition) is 3. The summed E-state index contributed by atoms with van der Waals surface area (Å²) in [5, 5.41) is 6.74. The molecular formula is C11H12Cl2N2O2. The second kappa shape index (κ2) is 5.69. The summed E-state index contributed by atoms with van der Waals surface area (Å²) in [6.45, 7) is 1.81. The fraction of sp³-hybridized carbons (Fsp3) is 0.364. The highest BCUT2D eigenvalue weighted by Gasteiger charge is 2.22. The van der Waals surface area contributed by atoms with Crippen LogP contribution < -0.4 is 10.6 Å². The third-order valence-corrected chi connectivity index (χ3v) is 2.96. The lowest BCUT2D eigenvalue weighted by Gasteiger charge is -2.22. The second-order valence-corrected chi connectivity index (χ2v) is 4.52. The number of carbonyl (C=O) groups excluding carboxylic acids is 1. The number of amides is 1. The zero-order valence-electron chi connectivity index (χ0n) is 9.00. The van der Waals surface area contributed by atoms with E-state index in [1.165, 1.54) is 0 Å². The number of benzene rings is 1. The van der Waals surface area contributed by atoms with Crippen molar-refractivity contribution < 1.29 is 9.53 Å². The van der Waals surface area contributed by atoms with Crippen LogP contribution in [0.3, 0.4) is 0 Å². The molecule has 1 saturated heterocycles. The Morgan fingerprint density at radius 3 is 2.94 bits per heavy atom. The second-order valence-electron chi connectivity index (χ2n) is 3.68. The summed E-state index contributed by atoms with van der Waals surface area (Å²) in [7, 11) is 0. The van der Waals surface area contributed by atoms with Gasteiger partial charge in [-0.2, -0.15) is 0 Å². The Bertz CT molecular complexity index is 420. The Hall–Kier alpha value is -0.810. The summed E-state index contributed by atoms with van der Waals surface area (Å²) in [5.74, 6) is -0.207. The van der Waals surface area contributed by atoms with E-state index in [9.17, 15) is 4.79 Å². The molecule has 0 aromatic heterocycles. The van der Waals surface area contributed by atoms with Crippen molar-refractivity contribution in [2.75, 3.05) is 25.0 Å². The molecule has 1 fully saturated rings. The highest BCUT2D eigenvalue weighted by atomic mass is 35.5. The van der Waals surface area contributed by atoms with Crippen LogP contribution in [0, 0.1) is 0 Å². The molecule has 1 aliphatic rings. The molecule has 92 valence electrons. The van der Waals surface area contributed by atoms with Crippen molar-refractivity contribution in [3.63, 3.8) is 0 Å². The number of carbonyl (C=O) groups is 1. The fourth-order valence-electron chi connectivity index (χ4n) is 1.54. The molecule has 0 aliphatic carbocycles. The Morgan fingerprint density at radius 2 is 2.29 bits per heavy atom. The maximum Gasteiger partial charge on any atom is 0.254 e. The van der Waals surface area contributed by atoms with Gasteiger partial charge in [0.1, 0.15) is 6.10 Å². The van der Waals surface area contributed by atoms with E-state index in [1.807, 2.05) is 0 Å². The lowest BCUT2D eigenvalue weighted by molar-refractivity contribution is -0.128. The Kier molecular flexibility index (Phi) is 4.23. The zero-order valence-corrected chi connectivity index (χ0v) is 10.5. The van der Waals surface area contributed by atoms with Crippen molar-refractivity contribution >= 4 is 34.8 Å². The van der Waals surface area contributed by atoms with Gasteiger partial charge >= 0.3 is 0 Å². The predicted octanol–water partition coefficient (Wildman–Crippen LogP) is 1.92. The maximum absolute atomic E-state index is 11.8. The van der Waals surface area contributed by atoms with E-state index < -0.39 is 6.10 Å². The zero-order chi connectivity index (χ0) is 12.3. The molecule has 0 bridgehead atoms. The quantitative estimate of drug-likeness (QED) is 0.867. The van der Waals surface area contributed by atoms with E-state index in [-0.39, 0.29) is 5.91 Å². The third kappa shape index (κ3) is 3.33. The average molecular weight is 275 g/mol. The fourth-order valence-corrected chi connectivity index (χ4v) is 1.99. The lowest BCUT2D eigenvalue weighted by atomic mass is 10.2. The maximum atomic E-state index is 11.8. The van der Waals surface area contributed by atoms with Gasteiger partial charge in [0.25, 0.3) is 5.91 Å². The number of ether oxygens (including phenoxy) is 1. The van der Waals surface area contributed by atoms with Crippen LogP contribution in [0.25, 0.3) is 0 Å². The SMILES string of the molecule is O=C(Nc1ccc(Cl)cc1Cl)C1CNCCO1. The minimum absolute atomic E-state index is 0.207. The smallest absolute Gasteiger partial charge is 0.254 e. The number of halogens is 2. The van der Waals surface area contributed by atoms with Gasteiger partial charge in [-0.25, -0.2) is 0 Å². The van der Waals surface area contributed by atoms with Crippen LogP contribution in [-0.4, -0.2) is 31.7 Å². The van der Waals surface area contributed by atoms with Crippen molar-refractivity contribution in [3.05, 3.63) is 28.2 Å². The van der Waals surface area contributed by atoms with Gasteiger partial charge in [-0.15, -0.1) is 0 Å². The van der Waals surface area contributed by atoms with E-state index in [0.717, 1.165) is 6.54 Å². The molecule has 1 amide bonds. The van der Waals surface area contributed by atoms with E-state index in [1.54, 1.807) is 18.2 Å². The molecule has 1 aromatic rings. The van der Waals surface area contributed by atoms with Crippen molar-refractivity contribution in [2.24, 2.45) is 0 Å². The van der Waals surface area contributed by atoms with Crippen molar-refractivity contribution in [3.8, 4) is 0 Å². The molecule has 2 rings (SSSR count). The Balaban J connectivity index is 2.02. The Morgan fingerprint density at radius 1 is 1.47 bits per heavy atom. The first-order valence-electron chi connectivity index (χ1n) is 5.25. The van der Waals surface area contributed by atoms with Gasteiger partial charge in [0.05, 0.1) is 17.3 Å². The highest BCUT2D eigenvalue weighted by Crippen LogP contribution is 2.25. The summed E-state index contributed by atoms with van der Waals surface area (Å²) >= 11 is 11.7. The summed E-state index contributed by atoms with van der Waals surface area (Å²) in [5.41, 5.74) is 0.537. The topological polar surface area (TPSA) is 50.4 Å². The standard InChI is InChI=1S/C11H12Cl2N2O2/c12-7-1-2-9(8(13)5-7)15-11(16)10-6-14-3-4-17-10/h1-2,5,10,14H,3-4,6H2,(H,15,16). The molecule has 0 radical (unpaired) electrons. The summed E-state index contributed by atoms with van der Waals surface area (Å²) in [6, 6.07) is 4.92. The van der Waals surface area contributed by atoms with Crippen LogP contribution in [0.2, 0.25) is 10.0 Å². The normalized spacial score (nSPS) is 20.0. The number of rotatable bonds is 2. The van der Waals surface area contributed by atoms with E-state index in [0.29, 0.717) is 28.9 Å². The first kappa shape index (κ1) is 12.6. The largest absolute Gasteiger partial charge is 0.366 e. The van der Waals surface area contributed by atoms with E-state index >= 15 is 0 Å². The van der Waals surface area contributed by atoms with Gasteiger partial charge in [-0.05, 0) is 18.2 Å². The molecular weight excluding hydrogens is 263 g/mol. The minimum atomic E-state index is -0.476. The van der Waals surface area contributed by atoms with Crippen molar-refractivity contribution in [1.82, 2.24) is 5.32 Å². The highest BCUT2D eigenvalue weighted by molar-refractivity contribution is 6.36. The van der Waals surface area contributed by atoms with Gasteiger partial charge in [-0.1, -0.05) is 23.2 Å². The minimum Gasteiger partial charge on any atom is -0.366 e. The lowest BCUT2D eigenvalue weighted by Crippen LogP contribution is -2.45. The van der Waals surface area contributed by atoms with Gasteiger partial charge < -0.3 is 15.4 Å². The molecule has 1 aliphatic heterocycles. The molecule has 1 atom stereocenters. The molecule has 17 heavy (non-hydrogen) atoms. The Labute approximate surface area is 109 Å². The summed E-state index contributed by atoms with van der Waals surface area (Å²) in [6.07, 6.45) is -0.476. The van der Waals surface area contributed by atoms with Crippen LogP contribution in [0.4, 0.5) is 5.69 Å². The number of anilines is 1. The van der Waals surface area contributed by atoms with Crippen LogP contribution in [0.15, 0.2) is 18.2 Å². The van der Waals surface area contributed by atoms with Crippen LogP contribution >= 0.6 is 23.2 Å². The van der Waals surface area contributed by atoms with Crippen molar-refractivity contribution in [2.45, 2.75) is 6.10 Å². The predicted molar refractivity (Wildman–Crippen MR) is 67.7 cm³/mol. The van der Waals surface area contributed by atoms with Gasteiger partial charge in [0, 0.05) is 18.1 Å². The molecule has 4 nitrogen and oxygen atoms in total. The van der Waals surface area contributed by atoms with Crippen LogP contribution in [-0.2, 0) is 9.53 Å². The number of hydrogen-bond donors (Lipinski definition) is 2. The molecule has 0 spiro atoms. The molecule has 0 saturated carbocycles. The average Bonchev–Trinajstić information content (AvgIpc) is 2.34. The van der Waals surface area contributed by atoms with E-state index in [2.05, 4.69) is 10.6 Å². The molecule has 1 heterocycles. The molecule has 1 unspecified atom stereocenters. The van der Waals surface area contributed by atoms with Gasteiger partial charge in [0.15, 0.2) is 0 Å². The molecule has 2 N–H and O–H groups in total. The van der Waals surface area contributed by atoms with Gasteiger partial charge in [0.2, 0.25) is 0 Å². The van der Waals surface area contributed by atoms with Crippen LogP contribution in [0.5, 0.6) is 0 Å². The first-order chi connectivity index (χ1) is 8.16. The van der Waals surface area contributed by atoms with Gasteiger partial charge in [-0.3, -0.25) is 4.79 Å². The van der Waals surface area contributed by atoms with E-state index in [4.69, 9.17) is 27.9 Å². The third-order valence-electron chi connectivity index (χ3n) is 2.41. The molecule has 1 aromatic carbocycles. The number of morpholine rings is 1. The first-order valence-corrected chi connectivity index (χ1v) is 6.00. The molecule has 6 heteroatoms. The van der Waals surface area contributed by atoms with Crippen molar-refractivity contribution in [1.29, 1.82) is 0 Å². The number of nitrogens with one attached hydrogen (secondary N) is 2. The summed E-state index contributed by atoms with van der Waals surface area (Å²) in [4.78, 5) is 11.8. The van der Waals surface area contributed by atoms with Crippen LogP contribution in [0.1, 0.15) is 0 Å². The summed E-state index contributed by atoms with van der Waals surface area (Å²) < 4.78 is 5.33. The monoisotopic (exact) mass is 274 g/mol.